The van der Waals surface area contributed by atoms with Crippen LogP contribution >= 0.6 is 11.6 Å². The van der Waals surface area contributed by atoms with Crippen LogP contribution in [-0.4, -0.2) is 6.29 Å². The summed E-state index contributed by atoms with van der Waals surface area (Å²) in [7, 11) is 0. The van der Waals surface area contributed by atoms with Crippen LogP contribution in [0, 0.1) is 0 Å². The van der Waals surface area contributed by atoms with Gasteiger partial charge in [0.05, 0.1) is 0 Å². The molecule has 0 fully saturated rings. The third-order valence-corrected chi connectivity index (χ3v) is 2.45. The SMILES string of the molecule is O=CC1Cc2cccc(Cl)c21. The second-order valence-electron chi connectivity index (χ2n) is 2.76. The number of aldehydes is 1. The predicted molar refractivity (Wildman–Crippen MR) is 44.0 cm³/mol. The molecule has 0 radical (unpaired) electrons. The van der Waals surface area contributed by atoms with E-state index in [1.165, 1.54) is 5.56 Å². The molecule has 11 heavy (non-hydrogen) atoms. The molecule has 2 heteroatoms. The lowest BCUT2D eigenvalue weighted by Gasteiger charge is -2.26. The Morgan fingerprint density at radius 3 is 3.00 bits per heavy atom. The third kappa shape index (κ3) is 0.881. The Bertz CT molecular complexity index is 292. The molecule has 0 aliphatic heterocycles. The average molecular weight is 167 g/mol. The highest BCUT2D eigenvalue weighted by Gasteiger charge is 2.27. The summed E-state index contributed by atoms with van der Waals surface area (Å²) in [5, 5.41) is 0.728. The highest BCUT2D eigenvalue weighted by molar-refractivity contribution is 6.31. The van der Waals surface area contributed by atoms with Crippen molar-refractivity contribution in [1.82, 2.24) is 0 Å². The number of benzene rings is 1. The Morgan fingerprint density at radius 2 is 2.36 bits per heavy atom. The van der Waals surface area contributed by atoms with Crippen molar-refractivity contribution in [2.45, 2.75) is 12.3 Å². The predicted octanol–water partition coefficient (Wildman–Crippen LogP) is 2.18. The van der Waals surface area contributed by atoms with Gasteiger partial charge < -0.3 is 4.79 Å². The molecular formula is C9H7ClO. The van der Waals surface area contributed by atoms with Gasteiger partial charge >= 0.3 is 0 Å². The molecule has 0 saturated heterocycles. The quantitative estimate of drug-likeness (QED) is 0.585. The van der Waals surface area contributed by atoms with Crippen LogP contribution in [0.25, 0.3) is 0 Å². The molecular weight excluding hydrogens is 160 g/mol. The van der Waals surface area contributed by atoms with Gasteiger partial charge in [-0.25, -0.2) is 0 Å². The molecule has 0 aromatic heterocycles. The first-order valence-electron chi connectivity index (χ1n) is 3.55. The Morgan fingerprint density at radius 1 is 1.55 bits per heavy atom. The van der Waals surface area contributed by atoms with Crippen molar-refractivity contribution in [2.75, 3.05) is 0 Å². The summed E-state index contributed by atoms with van der Waals surface area (Å²) in [6.45, 7) is 0. The van der Waals surface area contributed by atoms with Gasteiger partial charge in [0.25, 0.3) is 0 Å². The summed E-state index contributed by atoms with van der Waals surface area (Å²) < 4.78 is 0. The molecule has 0 bridgehead atoms. The van der Waals surface area contributed by atoms with Crippen molar-refractivity contribution in [3.8, 4) is 0 Å². The smallest absolute Gasteiger partial charge is 0.127 e. The maximum Gasteiger partial charge on any atom is 0.127 e. The second kappa shape index (κ2) is 2.35. The summed E-state index contributed by atoms with van der Waals surface area (Å²) >= 11 is 5.88. The fraction of sp³-hybridized carbons (Fsp3) is 0.222. The average Bonchev–Trinajstić information content (AvgIpc) is 1.93. The summed E-state index contributed by atoms with van der Waals surface area (Å²) in [6.07, 6.45) is 1.83. The number of hydrogen-bond acceptors (Lipinski definition) is 1. The van der Waals surface area contributed by atoms with E-state index in [1.807, 2.05) is 18.2 Å². The van der Waals surface area contributed by atoms with Gasteiger partial charge in [0, 0.05) is 10.9 Å². The van der Waals surface area contributed by atoms with Crippen molar-refractivity contribution < 1.29 is 4.79 Å². The highest BCUT2D eigenvalue weighted by Crippen LogP contribution is 2.38. The topological polar surface area (TPSA) is 17.1 Å². The highest BCUT2D eigenvalue weighted by atomic mass is 35.5. The van der Waals surface area contributed by atoms with Crippen molar-refractivity contribution in [2.24, 2.45) is 0 Å². The molecule has 56 valence electrons. The molecule has 0 heterocycles. The van der Waals surface area contributed by atoms with Crippen molar-refractivity contribution in [1.29, 1.82) is 0 Å². The summed E-state index contributed by atoms with van der Waals surface area (Å²) in [6, 6.07) is 5.76. The third-order valence-electron chi connectivity index (χ3n) is 2.12. The Kier molecular flexibility index (Phi) is 1.46. The summed E-state index contributed by atoms with van der Waals surface area (Å²) in [5.41, 5.74) is 2.25. The van der Waals surface area contributed by atoms with Crippen molar-refractivity contribution >= 4 is 17.9 Å². The number of rotatable bonds is 1. The fourth-order valence-electron chi connectivity index (χ4n) is 1.50. The molecule has 1 aliphatic rings. The largest absolute Gasteiger partial charge is 0.303 e. The van der Waals surface area contributed by atoms with Crippen LogP contribution in [0.1, 0.15) is 17.0 Å². The lowest BCUT2D eigenvalue weighted by atomic mass is 9.78. The first kappa shape index (κ1) is 6.86. The van der Waals surface area contributed by atoms with Crippen molar-refractivity contribution in [3.63, 3.8) is 0 Å². The van der Waals surface area contributed by atoms with Crippen LogP contribution in [-0.2, 0) is 11.2 Å². The molecule has 0 amide bonds. The molecule has 2 rings (SSSR count). The Labute approximate surface area is 70.0 Å². The van der Waals surface area contributed by atoms with Gasteiger partial charge in [-0.2, -0.15) is 0 Å². The first-order chi connectivity index (χ1) is 5.33. The Balaban J connectivity index is 2.51. The second-order valence-corrected chi connectivity index (χ2v) is 3.17. The van der Waals surface area contributed by atoms with Gasteiger partial charge in [-0.3, -0.25) is 0 Å². The van der Waals surface area contributed by atoms with Gasteiger partial charge in [0.2, 0.25) is 0 Å². The summed E-state index contributed by atoms with van der Waals surface area (Å²) in [5.74, 6) is 0.0544. The Hall–Kier alpha value is -0.820. The van der Waals surface area contributed by atoms with E-state index in [0.29, 0.717) is 0 Å². The normalized spacial score (nSPS) is 20.3. The van der Waals surface area contributed by atoms with E-state index in [9.17, 15) is 4.79 Å². The number of carbonyl (C=O) groups is 1. The minimum absolute atomic E-state index is 0.0544. The molecule has 1 atom stereocenters. The van der Waals surface area contributed by atoms with E-state index < -0.39 is 0 Å². The lowest BCUT2D eigenvalue weighted by Crippen LogP contribution is -2.18. The number of hydrogen-bond donors (Lipinski definition) is 0. The number of halogens is 1. The molecule has 1 nitrogen and oxygen atoms in total. The van der Waals surface area contributed by atoms with E-state index >= 15 is 0 Å². The monoisotopic (exact) mass is 166 g/mol. The van der Waals surface area contributed by atoms with E-state index in [-0.39, 0.29) is 5.92 Å². The fourth-order valence-corrected chi connectivity index (χ4v) is 1.83. The minimum atomic E-state index is 0.0544. The zero-order chi connectivity index (χ0) is 7.84. The minimum Gasteiger partial charge on any atom is -0.303 e. The van der Waals surface area contributed by atoms with E-state index in [1.54, 1.807) is 0 Å². The molecule has 0 spiro atoms. The number of carbonyl (C=O) groups excluding carboxylic acids is 1. The van der Waals surface area contributed by atoms with Gasteiger partial charge in [0.1, 0.15) is 6.29 Å². The van der Waals surface area contributed by atoms with E-state index in [0.717, 1.165) is 23.3 Å². The van der Waals surface area contributed by atoms with Crippen LogP contribution < -0.4 is 0 Å². The standard InChI is InChI=1S/C9H7ClO/c10-8-3-1-2-6-4-7(5-11)9(6)8/h1-3,5,7H,4H2. The van der Waals surface area contributed by atoms with E-state index in [4.69, 9.17) is 11.6 Å². The van der Waals surface area contributed by atoms with Gasteiger partial charge in [-0.05, 0) is 23.6 Å². The molecule has 1 aromatic carbocycles. The molecule has 1 unspecified atom stereocenters. The first-order valence-corrected chi connectivity index (χ1v) is 3.93. The van der Waals surface area contributed by atoms with Crippen LogP contribution in [0.3, 0.4) is 0 Å². The van der Waals surface area contributed by atoms with Crippen LogP contribution in [0.2, 0.25) is 5.02 Å². The van der Waals surface area contributed by atoms with Crippen LogP contribution in [0.4, 0.5) is 0 Å². The maximum absolute atomic E-state index is 10.4. The molecule has 1 aliphatic carbocycles. The molecule has 0 N–H and O–H groups in total. The zero-order valence-corrected chi connectivity index (χ0v) is 6.64. The van der Waals surface area contributed by atoms with Crippen molar-refractivity contribution in [3.05, 3.63) is 34.3 Å². The molecule has 1 aromatic rings. The van der Waals surface area contributed by atoms with Crippen LogP contribution in [0.15, 0.2) is 18.2 Å². The van der Waals surface area contributed by atoms with Gasteiger partial charge in [-0.15, -0.1) is 0 Å². The maximum atomic E-state index is 10.4. The van der Waals surface area contributed by atoms with Gasteiger partial charge in [-0.1, -0.05) is 23.7 Å². The lowest BCUT2D eigenvalue weighted by molar-refractivity contribution is -0.109. The van der Waals surface area contributed by atoms with E-state index in [2.05, 4.69) is 0 Å². The summed E-state index contributed by atoms with van der Waals surface area (Å²) in [4.78, 5) is 10.4. The van der Waals surface area contributed by atoms with Gasteiger partial charge in [0.15, 0.2) is 0 Å². The van der Waals surface area contributed by atoms with Crippen LogP contribution in [0.5, 0.6) is 0 Å². The zero-order valence-electron chi connectivity index (χ0n) is 5.88. The number of fused-ring (bicyclic) bond motifs is 1. The molecule has 0 saturated carbocycles.